The first-order valence-electron chi connectivity index (χ1n) is 8.24. The highest BCUT2D eigenvalue weighted by molar-refractivity contribution is 5.10. The van der Waals surface area contributed by atoms with Crippen LogP contribution < -0.4 is 5.32 Å². The van der Waals surface area contributed by atoms with Crippen LogP contribution in [0.4, 0.5) is 0 Å². The zero-order valence-corrected chi connectivity index (χ0v) is 14.1. The number of hydrogen-bond donors (Lipinski definition) is 1. The first kappa shape index (κ1) is 16.3. The molecule has 2 saturated heterocycles. The summed E-state index contributed by atoms with van der Waals surface area (Å²) in [6.45, 7) is 15.1. The molecule has 20 heavy (non-hydrogen) atoms. The molecule has 3 unspecified atom stereocenters. The van der Waals surface area contributed by atoms with Crippen LogP contribution in [0.25, 0.3) is 0 Å². The Bertz CT molecular complexity index is 338. The van der Waals surface area contributed by atoms with Crippen LogP contribution in [-0.4, -0.2) is 30.1 Å². The summed E-state index contributed by atoms with van der Waals surface area (Å²) in [5.41, 5.74) is 0.147. The Morgan fingerprint density at radius 3 is 2.15 bits per heavy atom. The first-order chi connectivity index (χ1) is 9.33. The second-order valence-corrected chi connectivity index (χ2v) is 7.20. The second kappa shape index (κ2) is 5.58. The monoisotopic (exact) mass is 282 g/mol. The minimum absolute atomic E-state index is 0.0622. The highest BCUT2D eigenvalue weighted by Crippen LogP contribution is 2.48. The summed E-state index contributed by atoms with van der Waals surface area (Å²) in [6, 6.07) is 0. The molecule has 0 amide bonds. The maximum absolute atomic E-state index is 6.32. The van der Waals surface area contributed by atoms with Crippen molar-refractivity contribution in [2.24, 2.45) is 5.92 Å². The maximum Gasteiger partial charge on any atom is 0.174 e. The molecule has 3 heteroatoms. The fraction of sp³-hybridized carbons (Fsp3) is 0.941. The third-order valence-electron chi connectivity index (χ3n) is 5.90. The van der Waals surface area contributed by atoms with Crippen LogP contribution in [0.1, 0.15) is 67.2 Å². The molecule has 0 bridgehead atoms. The van der Waals surface area contributed by atoms with Gasteiger partial charge >= 0.3 is 0 Å². The topological polar surface area (TPSA) is 30.5 Å². The Balaban J connectivity index is 2.26. The predicted molar refractivity (Wildman–Crippen MR) is 82.5 cm³/mol. The summed E-state index contributed by atoms with van der Waals surface area (Å²) < 4.78 is 12.6. The van der Waals surface area contributed by atoms with Gasteiger partial charge in [-0.1, -0.05) is 27.7 Å². The lowest BCUT2D eigenvalue weighted by Gasteiger charge is -2.59. The van der Waals surface area contributed by atoms with Gasteiger partial charge in [-0.05, 0) is 33.1 Å². The highest BCUT2D eigenvalue weighted by Gasteiger charge is 2.57. The number of rotatable bonds is 3. The Morgan fingerprint density at radius 2 is 1.70 bits per heavy atom. The molecule has 3 atom stereocenters. The summed E-state index contributed by atoms with van der Waals surface area (Å²) >= 11 is 0. The van der Waals surface area contributed by atoms with Gasteiger partial charge in [0.25, 0.3) is 0 Å². The van der Waals surface area contributed by atoms with Gasteiger partial charge in [0, 0.05) is 29.3 Å². The fourth-order valence-corrected chi connectivity index (χ4v) is 3.72. The lowest BCUT2D eigenvalue weighted by molar-refractivity contribution is -0.319. The molecular formula is C17H32NO2. The summed E-state index contributed by atoms with van der Waals surface area (Å²) in [7, 11) is 0. The lowest BCUT2D eigenvalue weighted by atomic mass is 9.67. The quantitative estimate of drug-likeness (QED) is 0.856. The molecule has 1 spiro atoms. The van der Waals surface area contributed by atoms with Gasteiger partial charge in [-0.25, -0.2) is 0 Å². The van der Waals surface area contributed by atoms with E-state index in [1.807, 2.05) is 0 Å². The van der Waals surface area contributed by atoms with Gasteiger partial charge in [-0.15, -0.1) is 0 Å². The van der Waals surface area contributed by atoms with Crippen LogP contribution in [0, 0.1) is 11.8 Å². The van der Waals surface area contributed by atoms with E-state index in [0.717, 1.165) is 38.9 Å². The summed E-state index contributed by atoms with van der Waals surface area (Å²) in [5.74, 6) is 1.30. The van der Waals surface area contributed by atoms with Crippen molar-refractivity contribution in [1.29, 1.82) is 0 Å². The van der Waals surface area contributed by atoms with E-state index in [1.165, 1.54) is 5.92 Å². The molecule has 3 nitrogen and oxygen atoms in total. The van der Waals surface area contributed by atoms with Gasteiger partial charge < -0.3 is 14.8 Å². The van der Waals surface area contributed by atoms with Crippen LogP contribution in [-0.2, 0) is 9.47 Å². The molecule has 0 saturated carbocycles. The summed E-state index contributed by atoms with van der Waals surface area (Å²) in [5, 5.41) is 3.89. The fourth-order valence-electron chi connectivity index (χ4n) is 3.72. The zero-order valence-electron chi connectivity index (χ0n) is 14.1. The van der Waals surface area contributed by atoms with Crippen molar-refractivity contribution in [2.45, 2.75) is 84.1 Å². The Hall–Kier alpha value is -0.120. The molecule has 0 aromatic heterocycles. The predicted octanol–water partition coefficient (Wildman–Crippen LogP) is 3.68. The molecule has 0 aromatic rings. The smallest absolute Gasteiger partial charge is 0.174 e. The SMILES string of the molecule is CC[C]1COC2(CC(C)(CC)NC(C)(CC)C2C)OC1. The van der Waals surface area contributed by atoms with Crippen molar-refractivity contribution < 1.29 is 9.47 Å². The van der Waals surface area contributed by atoms with Crippen LogP contribution in [0.5, 0.6) is 0 Å². The number of piperidine rings is 1. The summed E-state index contributed by atoms with van der Waals surface area (Å²) in [6.07, 6.45) is 4.17. The van der Waals surface area contributed by atoms with Gasteiger partial charge in [0.15, 0.2) is 5.79 Å². The van der Waals surface area contributed by atoms with Gasteiger partial charge in [-0.3, -0.25) is 0 Å². The Morgan fingerprint density at radius 1 is 1.10 bits per heavy atom. The largest absolute Gasteiger partial charge is 0.349 e. The van der Waals surface area contributed by atoms with E-state index in [-0.39, 0.29) is 11.1 Å². The molecule has 2 rings (SSSR count). The number of ether oxygens (including phenoxy) is 2. The van der Waals surface area contributed by atoms with Crippen molar-refractivity contribution in [3.63, 3.8) is 0 Å². The average molecular weight is 282 g/mol. The van der Waals surface area contributed by atoms with Gasteiger partial charge in [0.2, 0.25) is 0 Å². The van der Waals surface area contributed by atoms with Crippen molar-refractivity contribution in [3.05, 3.63) is 5.92 Å². The molecular weight excluding hydrogens is 250 g/mol. The minimum atomic E-state index is -0.417. The van der Waals surface area contributed by atoms with E-state index in [1.54, 1.807) is 0 Å². The van der Waals surface area contributed by atoms with Crippen LogP contribution in [0.2, 0.25) is 0 Å². The van der Waals surface area contributed by atoms with E-state index in [0.29, 0.717) is 5.92 Å². The molecule has 1 N–H and O–H groups in total. The second-order valence-electron chi connectivity index (χ2n) is 7.20. The molecule has 2 aliphatic rings. The van der Waals surface area contributed by atoms with E-state index in [4.69, 9.17) is 9.47 Å². The Labute approximate surface area is 124 Å². The number of nitrogens with one attached hydrogen (secondary N) is 1. The molecule has 0 aromatic carbocycles. The van der Waals surface area contributed by atoms with E-state index >= 15 is 0 Å². The highest BCUT2D eigenvalue weighted by atomic mass is 16.7. The third-order valence-corrected chi connectivity index (χ3v) is 5.90. The molecule has 2 heterocycles. The van der Waals surface area contributed by atoms with Crippen molar-refractivity contribution in [1.82, 2.24) is 5.32 Å². The molecule has 1 radical (unpaired) electrons. The first-order valence-corrected chi connectivity index (χ1v) is 8.24. The zero-order chi connectivity index (χ0) is 15.0. The summed E-state index contributed by atoms with van der Waals surface area (Å²) in [4.78, 5) is 0. The van der Waals surface area contributed by atoms with Crippen molar-refractivity contribution in [2.75, 3.05) is 13.2 Å². The van der Waals surface area contributed by atoms with Crippen LogP contribution in [0.3, 0.4) is 0 Å². The lowest BCUT2D eigenvalue weighted by Crippen LogP contribution is -2.72. The van der Waals surface area contributed by atoms with Crippen molar-refractivity contribution >= 4 is 0 Å². The Kier molecular flexibility index (Phi) is 4.54. The average Bonchev–Trinajstić information content (AvgIpc) is 2.46. The van der Waals surface area contributed by atoms with Gasteiger partial charge in [0.1, 0.15) is 0 Å². The third kappa shape index (κ3) is 2.65. The molecule has 2 fully saturated rings. The molecule has 117 valence electrons. The number of hydrogen-bond acceptors (Lipinski definition) is 3. The molecule has 0 aliphatic carbocycles. The van der Waals surface area contributed by atoms with E-state index in [2.05, 4.69) is 46.9 Å². The van der Waals surface area contributed by atoms with Crippen molar-refractivity contribution in [3.8, 4) is 0 Å². The van der Waals surface area contributed by atoms with Gasteiger partial charge in [-0.2, -0.15) is 0 Å². The molecule has 2 aliphatic heterocycles. The normalized spacial score (nSPS) is 42.0. The van der Waals surface area contributed by atoms with E-state index in [9.17, 15) is 0 Å². The minimum Gasteiger partial charge on any atom is -0.349 e. The van der Waals surface area contributed by atoms with Crippen LogP contribution >= 0.6 is 0 Å². The maximum atomic E-state index is 6.32. The van der Waals surface area contributed by atoms with Gasteiger partial charge in [0.05, 0.1) is 13.2 Å². The van der Waals surface area contributed by atoms with E-state index < -0.39 is 5.79 Å². The standard InChI is InChI=1S/C17H32NO2/c1-7-14-10-19-17(20-11-14)12-15(5,8-2)18-16(6,9-3)13(17)4/h13,18H,7-12H2,1-6H3. The van der Waals surface area contributed by atoms with Crippen LogP contribution in [0.15, 0.2) is 0 Å².